The van der Waals surface area contributed by atoms with Gasteiger partial charge in [-0.1, -0.05) is 26.7 Å². The highest BCUT2D eigenvalue weighted by Crippen LogP contribution is 2.10. The number of aromatic nitrogens is 2. The average molecular weight is 221 g/mol. The molecule has 0 fully saturated rings. The highest BCUT2D eigenvalue weighted by atomic mass is 15.1. The number of hydrogen-bond acceptors (Lipinski definition) is 3. The Morgan fingerprint density at radius 3 is 2.31 bits per heavy atom. The Kier molecular flexibility index (Phi) is 5.23. The van der Waals surface area contributed by atoms with Gasteiger partial charge in [0.1, 0.15) is 0 Å². The van der Waals surface area contributed by atoms with Crippen LogP contribution < -0.4 is 5.32 Å². The molecule has 1 N–H and O–H groups in total. The molecule has 0 saturated carbocycles. The van der Waals surface area contributed by atoms with Crippen molar-refractivity contribution >= 4 is 5.95 Å². The van der Waals surface area contributed by atoms with Crippen molar-refractivity contribution in [1.29, 1.82) is 0 Å². The first kappa shape index (κ1) is 12.9. The molecular formula is C13H23N3. The van der Waals surface area contributed by atoms with Crippen LogP contribution in [0.4, 0.5) is 5.95 Å². The molecule has 0 aliphatic heterocycles. The molecule has 0 spiro atoms. The van der Waals surface area contributed by atoms with E-state index in [0.29, 0.717) is 6.04 Å². The van der Waals surface area contributed by atoms with Gasteiger partial charge >= 0.3 is 0 Å². The zero-order valence-corrected chi connectivity index (χ0v) is 10.8. The maximum Gasteiger partial charge on any atom is 0.222 e. The zero-order chi connectivity index (χ0) is 12.0. The average Bonchev–Trinajstić information content (AvgIpc) is 2.21. The predicted molar refractivity (Wildman–Crippen MR) is 68.5 cm³/mol. The first-order chi connectivity index (χ1) is 7.58. The van der Waals surface area contributed by atoms with Gasteiger partial charge < -0.3 is 5.32 Å². The Bertz CT molecular complexity index is 293. The van der Waals surface area contributed by atoms with Crippen molar-refractivity contribution in [3.63, 3.8) is 0 Å². The van der Waals surface area contributed by atoms with Crippen LogP contribution >= 0.6 is 0 Å². The van der Waals surface area contributed by atoms with E-state index in [9.17, 15) is 0 Å². The molecule has 0 saturated heterocycles. The lowest BCUT2D eigenvalue weighted by molar-refractivity contribution is 0.519. The van der Waals surface area contributed by atoms with E-state index in [1.54, 1.807) is 0 Å². The van der Waals surface area contributed by atoms with Gasteiger partial charge in [-0.3, -0.25) is 0 Å². The maximum absolute atomic E-state index is 4.24. The Morgan fingerprint density at radius 1 is 1.12 bits per heavy atom. The lowest BCUT2D eigenvalue weighted by Crippen LogP contribution is -2.17. The normalized spacial score (nSPS) is 12.8. The zero-order valence-electron chi connectivity index (χ0n) is 10.8. The molecule has 0 aliphatic carbocycles. The maximum atomic E-state index is 4.24. The van der Waals surface area contributed by atoms with E-state index >= 15 is 0 Å². The van der Waals surface area contributed by atoms with Crippen molar-refractivity contribution in [2.45, 2.75) is 53.0 Å². The minimum atomic E-state index is 0.446. The Morgan fingerprint density at radius 2 is 1.75 bits per heavy atom. The number of aryl methyl sites for hydroxylation is 1. The molecule has 3 nitrogen and oxygen atoms in total. The highest BCUT2D eigenvalue weighted by molar-refractivity contribution is 5.25. The van der Waals surface area contributed by atoms with E-state index < -0.39 is 0 Å². The molecule has 1 aromatic rings. The predicted octanol–water partition coefficient (Wildman–Crippen LogP) is 3.41. The van der Waals surface area contributed by atoms with Gasteiger partial charge in [0.2, 0.25) is 5.95 Å². The molecule has 0 bridgehead atoms. The van der Waals surface area contributed by atoms with Crippen LogP contribution in [0.1, 0.15) is 45.6 Å². The van der Waals surface area contributed by atoms with Crippen LogP contribution in [0.5, 0.6) is 0 Å². The van der Waals surface area contributed by atoms with Crippen LogP contribution in [-0.2, 0) is 0 Å². The molecule has 0 radical (unpaired) electrons. The van der Waals surface area contributed by atoms with E-state index in [1.165, 1.54) is 19.3 Å². The summed E-state index contributed by atoms with van der Waals surface area (Å²) in [6.45, 7) is 8.71. The summed E-state index contributed by atoms with van der Waals surface area (Å²) in [6, 6.07) is 0.446. The lowest BCUT2D eigenvalue weighted by atomic mass is 10.0. The third-order valence-corrected chi connectivity index (χ3v) is 2.58. The molecule has 1 unspecified atom stereocenters. The van der Waals surface area contributed by atoms with Crippen molar-refractivity contribution in [1.82, 2.24) is 9.97 Å². The van der Waals surface area contributed by atoms with Crippen molar-refractivity contribution in [3.8, 4) is 0 Å². The van der Waals surface area contributed by atoms with Crippen molar-refractivity contribution in [2.24, 2.45) is 5.92 Å². The molecule has 1 atom stereocenters. The fraction of sp³-hybridized carbons (Fsp3) is 0.692. The van der Waals surface area contributed by atoms with Crippen LogP contribution in [0.25, 0.3) is 0 Å². The van der Waals surface area contributed by atoms with E-state index in [1.807, 2.05) is 19.3 Å². The molecule has 16 heavy (non-hydrogen) atoms. The summed E-state index contributed by atoms with van der Waals surface area (Å²) in [7, 11) is 0. The molecule has 3 heteroatoms. The minimum absolute atomic E-state index is 0.446. The fourth-order valence-electron chi connectivity index (χ4n) is 1.59. The van der Waals surface area contributed by atoms with Gasteiger partial charge in [0, 0.05) is 18.4 Å². The van der Waals surface area contributed by atoms with Gasteiger partial charge in [-0.25, -0.2) is 9.97 Å². The van der Waals surface area contributed by atoms with E-state index in [-0.39, 0.29) is 0 Å². The Labute approximate surface area is 98.7 Å². The summed E-state index contributed by atoms with van der Waals surface area (Å²) in [4.78, 5) is 8.48. The summed E-state index contributed by atoms with van der Waals surface area (Å²) in [6.07, 6.45) is 7.42. The highest BCUT2D eigenvalue weighted by Gasteiger charge is 2.04. The number of nitrogens with one attached hydrogen (secondary N) is 1. The Balaban J connectivity index is 2.28. The minimum Gasteiger partial charge on any atom is -0.352 e. The third-order valence-electron chi connectivity index (χ3n) is 2.58. The molecule has 1 heterocycles. The third kappa shape index (κ3) is 5.10. The number of hydrogen-bond donors (Lipinski definition) is 1. The molecule has 1 aromatic heterocycles. The van der Waals surface area contributed by atoms with Crippen LogP contribution in [0.3, 0.4) is 0 Å². The second kappa shape index (κ2) is 6.46. The van der Waals surface area contributed by atoms with Gasteiger partial charge in [-0.05, 0) is 31.7 Å². The first-order valence-corrected chi connectivity index (χ1v) is 6.13. The standard InChI is InChI=1S/C13H23N3/c1-10(2)6-5-7-12(4)16-13-14-8-11(3)9-15-13/h8-10,12H,5-7H2,1-4H3,(H,14,15,16). The monoisotopic (exact) mass is 221 g/mol. The van der Waals surface area contributed by atoms with E-state index in [0.717, 1.165) is 17.4 Å². The largest absolute Gasteiger partial charge is 0.352 e. The number of anilines is 1. The second-order valence-electron chi connectivity index (χ2n) is 4.95. The quantitative estimate of drug-likeness (QED) is 0.800. The molecular weight excluding hydrogens is 198 g/mol. The summed E-state index contributed by atoms with van der Waals surface area (Å²) < 4.78 is 0. The van der Waals surface area contributed by atoms with E-state index in [2.05, 4.69) is 36.1 Å². The molecule has 0 aliphatic rings. The fourth-order valence-corrected chi connectivity index (χ4v) is 1.59. The summed E-state index contributed by atoms with van der Waals surface area (Å²) in [5.74, 6) is 1.53. The molecule has 90 valence electrons. The van der Waals surface area contributed by atoms with Crippen LogP contribution in [-0.4, -0.2) is 16.0 Å². The van der Waals surface area contributed by atoms with Crippen molar-refractivity contribution in [3.05, 3.63) is 18.0 Å². The number of nitrogens with zero attached hydrogens (tertiary/aromatic N) is 2. The van der Waals surface area contributed by atoms with Gasteiger partial charge in [0.05, 0.1) is 0 Å². The second-order valence-corrected chi connectivity index (χ2v) is 4.95. The van der Waals surface area contributed by atoms with Gasteiger partial charge in [0.15, 0.2) is 0 Å². The Hall–Kier alpha value is -1.12. The van der Waals surface area contributed by atoms with Crippen molar-refractivity contribution in [2.75, 3.05) is 5.32 Å². The summed E-state index contributed by atoms with van der Waals surface area (Å²) in [5.41, 5.74) is 1.10. The molecule has 1 rings (SSSR count). The first-order valence-electron chi connectivity index (χ1n) is 6.13. The topological polar surface area (TPSA) is 37.8 Å². The van der Waals surface area contributed by atoms with Crippen LogP contribution in [0.15, 0.2) is 12.4 Å². The van der Waals surface area contributed by atoms with E-state index in [4.69, 9.17) is 0 Å². The summed E-state index contributed by atoms with van der Waals surface area (Å²) >= 11 is 0. The van der Waals surface area contributed by atoms with Gasteiger partial charge in [-0.2, -0.15) is 0 Å². The number of rotatable bonds is 6. The van der Waals surface area contributed by atoms with Crippen molar-refractivity contribution < 1.29 is 0 Å². The smallest absolute Gasteiger partial charge is 0.222 e. The van der Waals surface area contributed by atoms with Crippen LogP contribution in [0.2, 0.25) is 0 Å². The van der Waals surface area contributed by atoms with Crippen LogP contribution in [0, 0.1) is 12.8 Å². The molecule has 0 aromatic carbocycles. The molecule has 0 amide bonds. The SMILES string of the molecule is Cc1cnc(NC(C)CCCC(C)C)nc1. The van der Waals surface area contributed by atoms with Gasteiger partial charge in [-0.15, -0.1) is 0 Å². The summed E-state index contributed by atoms with van der Waals surface area (Å²) in [5, 5.41) is 3.32. The van der Waals surface area contributed by atoms with Gasteiger partial charge in [0.25, 0.3) is 0 Å². The lowest BCUT2D eigenvalue weighted by Gasteiger charge is -2.14.